The summed E-state index contributed by atoms with van der Waals surface area (Å²) >= 11 is 0. The SMILES string of the molecule is [C-]#[N+]c1ccc(-c2ccc(=O)n(-c3cccc(C)c3)c2)cc1. The van der Waals surface area contributed by atoms with E-state index in [9.17, 15) is 4.79 Å². The molecule has 3 heteroatoms. The van der Waals surface area contributed by atoms with Crippen molar-refractivity contribution in [2.24, 2.45) is 0 Å². The summed E-state index contributed by atoms with van der Waals surface area (Å²) in [6, 6.07) is 18.6. The first kappa shape index (κ1) is 13.8. The third kappa shape index (κ3) is 2.68. The van der Waals surface area contributed by atoms with Gasteiger partial charge in [-0.25, -0.2) is 4.85 Å². The molecule has 0 saturated carbocycles. The standard InChI is InChI=1S/C19H14N2O/c1-14-4-3-5-18(12-14)21-13-16(8-11-19(21)22)15-6-9-17(20-2)10-7-15/h3-13H,1H3. The van der Waals surface area contributed by atoms with Crippen LogP contribution in [0.25, 0.3) is 21.7 Å². The van der Waals surface area contributed by atoms with Crippen molar-refractivity contribution in [3.8, 4) is 16.8 Å². The quantitative estimate of drug-likeness (QED) is 0.643. The molecular formula is C19H14N2O. The van der Waals surface area contributed by atoms with Crippen molar-refractivity contribution in [2.75, 3.05) is 0 Å². The Morgan fingerprint density at radius 2 is 1.68 bits per heavy atom. The zero-order chi connectivity index (χ0) is 15.5. The van der Waals surface area contributed by atoms with Gasteiger partial charge in [0.2, 0.25) is 0 Å². The van der Waals surface area contributed by atoms with E-state index in [4.69, 9.17) is 6.57 Å². The maximum atomic E-state index is 12.1. The second-order valence-corrected chi connectivity index (χ2v) is 5.12. The molecule has 0 unspecified atom stereocenters. The monoisotopic (exact) mass is 286 g/mol. The number of aryl methyl sites for hydroxylation is 1. The molecule has 0 radical (unpaired) electrons. The van der Waals surface area contributed by atoms with E-state index in [0.717, 1.165) is 22.4 Å². The summed E-state index contributed by atoms with van der Waals surface area (Å²) in [5.41, 5.74) is 4.43. The molecule has 0 N–H and O–H groups in total. The van der Waals surface area contributed by atoms with Crippen LogP contribution in [0.4, 0.5) is 5.69 Å². The van der Waals surface area contributed by atoms with Gasteiger partial charge in [0.25, 0.3) is 5.56 Å². The second-order valence-electron chi connectivity index (χ2n) is 5.12. The van der Waals surface area contributed by atoms with Gasteiger partial charge in [0, 0.05) is 18.0 Å². The smallest absolute Gasteiger partial charge is 0.255 e. The van der Waals surface area contributed by atoms with Crippen LogP contribution in [0.5, 0.6) is 0 Å². The minimum atomic E-state index is -0.0628. The lowest BCUT2D eigenvalue weighted by molar-refractivity contribution is 0.990. The maximum absolute atomic E-state index is 12.1. The lowest BCUT2D eigenvalue weighted by Gasteiger charge is -2.09. The molecule has 22 heavy (non-hydrogen) atoms. The second kappa shape index (κ2) is 5.71. The Hall–Kier alpha value is -3.12. The fourth-order valence-corrected chi connectivity index (χ4v) is 2.37. The molecule has 2 aromatic carbocycles. The number of pyridine rings is 1. The van der Waals surface area contributed by atoms with Gasteiger partial charge < -0.3 is 0 Å². The zero-order valence-corrected chi connectivity index (χ0v) is 12.2. The zero-order valence-electron chi connectivity index (χ0n) is 12.2. The van der Waals surface area contributed by atoms with E-state index in [1.165, 1.54) is 0 Å². The number of hydrogen-bond donors (Lipinski definition) is 0. The van der Waals surface area contributed by atoms with Crippen LogP contribution >= 0.6 is 0 Å². The summed E-state index contributed by atoms with van der Waals surface area (Å²) in [6.07, 6.45) is 1.84. The molecule has 106 valence electrons. The van der Waals surface area contributed by atoms with Gasteiger partial charge >= 0.3 is 0 Å². The Morgan fingerprint density at radius 3 is 2.36 bits per heavy atom. The summed E-state index contributed by atoms with van der Waals surface area (Å²) in [4.78, 5) is 15.5. The van der Waals surface area contributed by atoms with Gasteiger partial charge in [-0.1, -0.05) is 36.4 Å². The van der Waals surface area contributed by atoms with Gasteiger partial charge in [-0.15, -0.1) is 0 Å². The highest BCUT2D eigenvalue weighted by atomic mass is 16.1. The number of nitrogens with zero attached hydrogens (tertiary/aromatic N) is 2. The topological polar surface area (TPSA) is 26.4 Å². The van der Waals surface area contributed by atoms with Gasteiger partial charge in [0.1, 0.15) is 0 Å². The Balaban J connectivity index is 2.10. The number of benzene rings is 2. The average molecular weight is 286 g/mol. The average Bonchev–Trinajstić information content (AvgIpc) is 2.55. The molecule has 0 aliphatic rings. The summed E-state index contributed by atoms with van der Waals surface area (Å²) < 4.78 is 1.64. The van der Waals surface area contributed by atoms with Crippen molar-refractivity contribution >= 4 is 5.69 Å². The molecule has 0 saturated heterocycles. The largest absolute Gasteiger partial charge is 0.284 e. The molecule has 0 atom stereocenters. The summed E-state index contributed by atoms with van der Waals surface area (Å²) in [6.45, 7) is 8.99. The van der Waals surface area contributed by atoms with Gasteiger partial charge in [0.15, 0.2) is 5.69 Å². The van der Waals surface area contributed by atoms with Crippen LogP contribution in [0.1, 0.15) is 5.56 Å². The van der Waals surface area contributed by atoms with E-state index in [0.29, 0.717) is 5.69 Å². The van der Waals surface area contributed by atoms with Gasteiger partial charge in [-0.05, 0) is 41.8 Å². The molecule has 0 spiro atoms. The van der Waals surface area contributed by atoms with E-state index in [1.807, 2.05) is 55.6 Å². The Kier molecular flexibility index (Phi) is 3.59. The summed E-state index contributed by atoms with van der Waals surface area (Å²) in [5.74, 6) is 0. The molecule has 0 fully saturated rings. The predicted molar refractivity (Wildman–Crippen MR) is 88.5 cm³/mol. The molecule has 0 amide bonds. The molecular weight excluding hydrogens is 272 g/mol. The third-order valence-electron chi connectivity index (χ3n) is 3.52. The lowest BCUT2D eigenvalue weighted by atomic mass is 10.1. The van der Waals surface area contributed by atoms with Crippen LogP contribution in [0.3, 0.4) is 0 Å². The van der Waals surface area contributed by atoms with Crippen LogP contribution < -0.4 is 5.56 Å². The van der Waals surface area contributed by atoms with E-state index < -0.39 is 0 Å². The molecule has 3 rings (SSSR count). The maximum Gasteiger partial charge on any atom is 0.255 e. The molecule has 3 aromatic rings. The normalized spacial score (nSPS) is 10.2. The van der Waals surface area contributed by atoms with Crippen molar-refractivity contribution < 1.29 is 0 Å². The van der Waals surface area contributed by atoms with Crippen LogP contribution in [0.2, 0.25) is 0 Å². The lowest BCUT2D eigenvalue weighted by Crippen LogP contribution is -2.16. The van der Waals surface area contributed by atoms with E-state index in [-0.39, 0.29) is 5.56 Å². The Morgan fingerprint density at radius 1 is 0.955 bits per heavy atom. The molecule has 3 nitrogen and oxygen atoms in total. The van der Waals surface area contributed by atoms with Crippen molar-refractivity contribution in [3.05, 3.63) is 94.2 Å². The van der Waals surface area contributed by atoms with Gasteiger partial charge in [-0.2, -0.15) is 0 Å². The summed E-state index contributed by atoms with van der Waals surface area (Å²) in [7, 11) is 0. The molecule has 1 heterocycles. The number of hydrogen-bond acceptors (Lipinski definition) is 1. The minimum Gasteiger partial charge on any atom is -0.284 e. The number of aromatic nitrogens is 1. The van der Waals surface area contributed by atoms with Crippen molar-refractivity contribution in [3.63, 3.8) is 0 Å². The molecule has 0 aliphatic carbocycles. The highest BCUT2D eigenvalue weighted by Gasteiger charge is 2.04. The van der Waals surface area contributed by atoms with Crippen molar-refractivity contribution in [1.29, 1.82) is 0 Å². The molecule has 0 bridgehead atoms. The first-order chi connectivity index (χ1) is 10.7. The van der Waals surface area contributed by atoms with Gasteiger partial charge in [-0.3, -0.25) is 9.36 Å². The van der Waals surface area contributed by atoms with Crippen LogP contribution in [-0.2, 0) is 0 Å². The van der Waals surface area contributed by atoms with E-state index in [2.05, 4.69) is 4.85 Å². The first-order valence-electron chi connectivity index (χ1n) is 6.95. The van der Waals surface area contributed by atoms with Crippen molar-refractivity contribution in [2.45, 2.75) is 6.92 Å². The fourth-order valence-electron chi connectivity index (χ4n) is 2.37. The predicted octanol–water partition coefficient (Wildman–Crippen LogP) is 4.36. The highest BCUT2D eigenvalue weighted by molar-refractivity contribution is 5.65. The Labute approximate surface area is 128 Å². The highest BCUT2D eigenvalue weighted by Crippen LogP contribution is 2.22. The third-order valence-corrected chi connectivity index (χ3v) is 3.52. The van der Waals surface area contributed by atoms with Gasteiger partial charge in [0.05, 0.1) is 6.57 Å². The fraction of sp³-hybridized carbons (Fsp3) is 0.0526. The molecule has 1 aromatic heterocycles. The molecule has 0 aliphatic heterocycles. The first-order valence-corrected chi connectivity index (χ1v) is 6.95. The van der Waals surface area contributed by atoms with E-state index >= 15 is 0 Å². The summed E-state index contributed by atoms with van der Waals surface area (Å²) in [5, 5.41) is 0. The number of rotatable bonds is 2. The van der Waals surface area contributed by atoms with Crippen LogP contribution in [0.15, 0.2) is 71.7 Å². The van der Waals surface area contributed by atoms with Crippen molar-refractivity contribution in [1.82, 2.24) is 4.57 Å². The minimum absolute atomic E-state index is 0.0628. The van der Waals surface area contributed by atoms with Crippen LogP contribution in [-0.4, -0.2) is 4.57 Å². The van der Waals surface area contributed by atoms with E-state index in [1.54, 1.807) is 22.8 Å². The Bertz CT molecular complexity index is 915. The van der Waals surface area contributed by atoms with Crippen LogP contribution in [0, 0.1) is 13.5 Å².